The number of hydrogen-bond acceptors (Lipinski definition) is 5. The van der Waals surface area contributed by atoms with Gasteiger partial charge in [-0.1, -0.05) is 0 Å². The first-order valence-electron chi connectivity index (χ1n) is 10.6. The van der Waals surface area contributed by atoms with Crippen molar-refractivity contribution in [2.75, 3.05) is 51.8 Å². The summed E-state index contributed by atoms with van der Waals surface area (Å²) < 4.78 is 12.3. The Kier molecular flexibility index (Phi) is 6.20. The molecule has 168 valence electrons. The number of nitrogens with zero attached hydrogens (tertiary/aromatic N) is 3. The van der Waals surface area contributed by atoms with Crippen LogP contribution in [0.3, 0.4) is 0 Å². The number of rotatable bonds is 6. The SMILES string of the molecule is COc1ccc(N2CCN(C(=O)CNC(=O)c3cc4cc(OC)ccc4n3C)CC2)cc1. The maximum Gasteiger partial charge on any atom is 0.268 e. The zero-order chi connectivity index (χ0) is 22.7. The quantitative estimate of drug-likeness (QED) is 0.642. The Bertz CT molecular complexity index is 1110. The molecule has 3 aromatic rings. The lowest BCUT2D eigenvalue weighted by atomic mass is 10.2. The second-order valence-corrected chi connectivity index (χ2v) is 7.76. The van der Waals surface area contributed by atoms with E-state index in [1.54, 1.807) is 19.1 Å². The van der Waals surface area contributed by atoms with Crippen LogP contribution in [0.4, 0.5) is 5.69 Å². The van der Waals surface area contributed by atoms with Crippen molar-refractivity contribution in [2.45, 2.75) is 0 Å². The number of aromatic nitrogens is 1. The van der Waals surface area contributed by atoms with Gasteiger partial charge in [-0.2, -0.15) is 0 Å². The number of carbonyl (C=O) groups is 2. The van der Waals surface area contributed by atoms with E-state index in [4.69, 9.17) is 9.47 Å². The summed E-state index contributed by atoms with van der Waals surface area (Å²) >= 11 is 0. The topological polar surface area (TPSA) is 76.0 Å². The van der Waals surface area contributed by atoms with E-state index < -0.39 is 0 Å². The molecule has 0 spiro atoms. The molecule has 4 rings (SSSR count). The van der Waals surface area contributed by atoms with Crippen molar-refractivity contribution in [1.82, 2.24) is 14.8 Å². The molecule has 1 saturated heterocycles. The van der Waals surface area contributed by atoms with Gasteiger partial charge in [-0.05, 0) is 48.5 Å². The van der Waals surface area contributed by atoms with Crippen LogP contribution in [0.5, 0.6) is 11.5 Å². The van der Waals surface area contributed by atoms with Gasteiger partial charge in [0, 0.05) is 49.8 Å². The Morgan fingerprint density at radius 1 is 0.906 bits per heavy atom. The number of carbonyl (C=O) groups excluding carboxylic acids is 2. The van der Waals surface area contributed by atoms with Gasteiger partial charge in [0.25, 0.3) is 5.91 Å². The summed E-state index contributed by atoms with van der Waals surface area (Å²) in [5.74, 6) is 1.21. The fraction of sp³-hybridized carbons (Fsp3) is 0.333. The van der Waals surface area contributed by atoms with Gasteiger partial charge in [0.15, 0.2) is 0 Å². The number of nitrogens with one attached hydrogen (secondary N) is 1. The van der Waals surface area contributed by atoms with E-state index in [2.05, 4.69) is 10.2 Å². The maximum absolute atomic E-state index is 12.7. The molecule has 0 saturated carbocycles. The van der Waals surface area contributed by atoms with E-state index in [1.165, 1.54) is 0 Å². The molecule has 1 fully saturated rings. The van der Waals surface area contributed by atoms with Crippen LogP contribution < -0.4 is 19.7 Å². The third-order valence-electron chi connectivity index (χ3n) is 5.95. The second-order valence-electron chi connectivity index (χ2n) is 7.76. The normalized spacial score (nSPS) is 13.8. The van der Waals surface area contributed by atoms with Crippen LogP contribution in [0.2, 0.25) is 0 Å². The highest BCUT2D eigenvalue weighted by Crippen LogP contribution is 2.24. The fourth-order valence-corrected chi connectivity index (χ4v) is 4.04. The highest BCUT2D eigenvalue weighted by atomic mass is 16.5. The molecule has 1 aliphatic rings. The number of hydrogen-bond donors (Lipinski definition) is 1. The number of aryl methyl sites for hydroxylation is 1. The van der Waals surface area contributed by atoms with Gasteiger partial charge in [-0.3, -0.25) is 9.59 Å². The van der Waals surface area contributed by atoms with E-state index >= 15 is 0 Å². The molecule has 0 bridgehead atoms. The zero-order valence-corrected chi connectivity index (χ0v) is 18.6. The van der Waals surface area contributed by atoms with Crippen molar-refractivity contribution < 1.29 is 19.1 Å². The number of ether oxygens (including phenoxy) is 2. The molecule has 1 aliphatic heterocycles. The minimum Gasteiger partial charge on any atom is -0.497 e. The molecule has 32 heavy (non-hydrogen) atoms. The van der Waals surface area contributed by atoms with Crippen molar-refractivity contribution in [2.24, 2.45) is 7.05 Å². The van der Waals surface area contributed by atoms with Crippen molar-refractivity contribution >= 4 is 28.4 Å². The third kappa shape index (κ3) is 4.34. The molecule has 0 aliphatic carbocycles. The van der Waals surface area contributed by atoms with Gasteiger partial charge in [0.2, 0.25) is 5.91 Å². The van der Waals surface area contributed by atoms with Crippen LogP contribution in [0.15, 0.2) is 48.5 Å². The summed E-state index contributed by atoms with van der Waals surface area (Å²) in [7, 11) is 5.10. The number of piperazine rings is 1. The smallest absolute Gasteiger partial charge is 0.268 e. The molecule has 0 atom stereocenters. The molecule has 2 heterocycles. The van der Waals surface area contributed by atoms with Crippen LogP contribution in [0, 0.1) is 0 Å². The average Bonchev–Trinajstić information content (AvgIpc) is 3.18. The Morgan fingerprint density at radius 2 is 1.56 bits per heavy atom. The Hall–Kier alpha value is -3.68. The van der Waals surface area contributed by atoms with E-state index in [0.717, 1.165) is 41.2 Å². The highest BCUT2D eigenvalue weighted by molar-refractivity contribution is 6.00. The molecule has 0 unspecified atom stereocenters. The van der Waals surface area contributed by atoms with Crippen LogP contribution in [-0.4, -0.2) is 68.2 Å². The van der Waals surface area contributed by atoms with Gasteiger partial charge >= 0.3 is 0 Å². The van der Waals surface area contributed by atoms with Crippen LogP contribution >= 0.6 is 0 Å². The first-order valence-corrected chi connectivity index (χ1v) is 10.6. The molecule has 2 aromatic carbocycles. The molecular weight excluding hydrogens is 408 g/mol. The molecule has 8 nitrogen and oxygen atoms in total. The number of anilines is 1. The summed E-state index contributed by atoms with van der Waals surface area (Å²) in [6.07, 6.45) is 0. The first kappa shape index (κ1) is 21.5. The summed E-state index contributed by atoms with van der Waals surface area (Å²) in [6.45, 7) is 2.71. The summed E-state index contributed by atoms with van der Waals surface area (Å²) in [5.41, 5.74) is 2.54. The van der Waals surface area contributed by atoms with Gasteiger partial charge in [0.1, 0.15) is 17.2 Å². The maximum atomic E-state index is 12.7. The fourth-order valence-electron chi connectivity index (χ4n) is 4.04. The number of methoxy groups -OCH3 is 2. The summed E-state index contributed by atoms with van der Waals surface area (Å²) in [4.78, 5) is 29.4. The van der Waals surface area contributed by atoms with Crippen molar-refractivity contribution in [3.8, 4) is 11.5 Å². The second kappa shape index (κ2) is 9.21. The molecule has 1 aromatic heterocycles. The third-order valence-corrected chi connectivity index (χ3v) is 5.95. The minimum atomic E-state index is -0.270. The van der Waals surface area contributed by atoms with E-state index in [0.29, 0.717) is 18.8 Å². The molecular formula is C24H28N4O4. The highest BCUT2D eigenvalue weighted by Gasteiger charge is 2.22. The minimum absolute atomic E-state index is 0.0216. The average molecular weight is 437 g/mol. The molecule has 2 amide bonds. The Balaban J connectivity index is 1.31. The predicted molar refractivity (Wildman–Crippen MR) is 124 cm³/mol. The lowest BCUT2D eigenvalue weighted by Gasteiger charge is -2.36. The first-order chi connectivity index (χ1) is 15.5. The van der Waals surface area contributed by atoms with E-state index in [-0.39, 0.29) is 18.4 Å². The van der Waals surface area contributed by atoms with Gasteiger partial charge < -0.3 is 29.2 Å². The zero-order valence-electron chi connectivity index (χ0n) is 18.6. The monoisotopic (exact) mass is 436 g/mol. The number of fused-ring (bicyclic) bond motifs is 1. The Morgan fingerprint density at radius 3 is 2.22 bits per heavy atom. The summed E-state index contributed by atoms with van der Waals surface area (Å²) in [5, 5.41) is 3.69. The molecule has 0 radical (unpaired) electrons. The summed E-state index contributed by atoms with van der Waals surface area (Å²) in [6, 6.07) is 15.4. The van der Waals surface area contributed by atoms with Crippen molar-refractivity contribution in [1.29, 1.82) is 0 Å². The standard InChI is InChI=1S/C24H28N4O4/c1-26-21-9-8-20(32-3)14-17(21)15-22(26)24(30)25-16-23(29)28-12-10-27(11-13-28)18-4-6-19(31-2)7-5-18/h4-9,14-15H,10-13,16H2,1-3H3,(H,25,30). The predicted octanol–water partition coefficient (Wildman–Crippen LogP) is 2.27. The van der Waals surface area contributed by atoms with Gasteiger partial charge in [-0.25, -0.2) is 0 Å². The lowest BCUT2D eigenvalue weighted by Crippen LogP contribution is -2.51. The largest absolute Gasteiger partial charge is 0.497 e. The van der Waals surface area contributed by atoms with Crippen molar-refractivity contribution in [3.63, 3.8) is 0 Å². The van der Waals surface area contributed by atoms with E-state index in [1.807, 2.05) is 60.1 Å². The Labute approximate surface area is 187 Å². The van der Waals surface area contributed by atoms with Crippen LogP contribution in [0.25, 0.3) is 10.9 Å². The molecule has 1 N–H and O–H groups in total. The van der Waals surface area contributed by atoms with Gasteiger partial charge in [-0.15, -0.1) is 0 Å². The van der Waals surface area contributed by atoms with Gasteiger partial charge in [0.05, 0.1) is 20.8 Å². The van der Waals surface area contributed by atoms with Crippen LogP contribution in [0.1, 0.15) is 10.5 Å². The number of amides is 2. The van der Waals surface area contributed by atoms with Crippen molar-refractivity contribution in [3.05, 3.63) is 54.2 Å². The lowest BCUT2D eigenvalue weighted by molar-refractivity contribution is -0.130. The number of benzene rings is 2. The van der Waals surface area contributed by atoms with Crippen LogP contribution in [-0.2, 0) is 11.8 Å². The molecule has 8 heteroatoms. The van der Waals surface area contributed by atoms with E-state index in [9.17, 15) is 9.59 Å².